The minimum Gasteiger partial charge on any atom is -0.337 e. The summed E-state index contributed by atoms with van der Waals surface area (Å²) in [4.78, 5) is 0. The first-order valence-electron chi connectivity index (χ1n) is 4.57. The number of ether oxygens (including phenoxy) is 1. The lowest BCUT2D eigenvalue weighted by Crippen LogP contribution is -2.53. The molecule has 1 unspecified atom stereocenters. The number of allylic oxidation sites excluding steroid dienone is 1. The summed E-state index contributed by atoms with van der Waals surface area (Å²) < 4.78 is 163. The quantitative estimate of drug-likeness (QED) is 0.650. The third kappa shape index (κ3) is 2.96. The maximum Gasteiger partial charge on any atom is 0.460 e. The summed E-state index contributed by atoms with van der Waals surface area (Å²) in [6.07, 6.45) is -13.8. The topological polar surface area (TPSA) is 9.23 Å². The Hall–Kier alpha value is -1.21. The molecule has 14 heteroatoms. The van der Waals surface area contributed by atoms with E-state index in [-0.39, 0.29) is 7.11 Å². The molecule has 0 bridgehead atoms. The molecule has 1 atom stereocenters. The lowest BCUT2D eigenvalue weighted by molar-refractivity contribution is -0.350. The third-order valence-electron chi connectivity index (χ3n) is 2.15. The molecule has 0 fully saturated rings. The van der Waals surface area contributed by atoms with Gasteiger partial charge in [-0.05, 0) is 0 Å². The van der Waals surface area contributed by atoms with E-state index in [4.69, 9.17) is 0 Å². The second-order valence-electron chi connectivity index (χ2n) is 3.57. The van der Waals surface area contributed by atoms with Crippen molar-refractivity contribution in [2.45, 2.75) is 30.1 Å². The van der Waals surface area contributed by atoms with Gasteiger partial charge in [-0.25, -0.2) is 8.78 Å². The molecular weight excluding hydrogens is 359 g/mol. The molecule has 0 aliphatic heterocycles. The zero-order valence-corrected chi connectivity index (χ0v) is 9.82. The molecule has 0 rings (SSSR count). The molecule has 0 spiro atoms. The van der Waals surface area contributed by atoms with Crippen LogP contribution in [0.5, 0.6) is 0 Å². The number of halogens is 13. The van der Waals surface area contributed by atoms with Crippen LogP contribution in [0.15, 0.2) is 11.7 Å². The van der Waals surface area contributed by atoms with E-state index in [0.717, 1.165) is 0 Å². The van der Waals surface area contributed by atoms with Crippen molar-refractivity contribution in [1.82, 2.24) is 0 Å². The van der Waals surface area contributed by atoms with Gasteiger partial charge in [0.1, 0.15) is 0 Å². The van der Waals surface area contributed by atoms with Crippen LogP contribution in [0.25, 0.3) is 0 Å². The Morgan fingerprint density at radius 1 is 0.636 bits per heavy atom. The van der Waals surface area contributed by atoms with Crippen LogP contribution in [0.3, 0.4) is 0 Å². The minimum atomic E-state index is -7.32. The number of hydrogen-bond donors (Lipinski definition) is 0. The maximum absolute atomic E-state index is 13.0. The zero-order chi connectivity index (χ0) is 18.4. The van der Waals surface area contributed by atoms with Crippen LogP contribution in [0.2, 0.25) is 0 Å². The van der Waals surface area contributed by atoms with E-state index in [1.165, 1.54) is 0 Å². The van der Waals surface area contributed by atoms with Gasteiger partial charge in [0.15, 0.2) is 0 Å². The second-order valence-corrected chi connectivity index (χ2v) is 3.57. The van der Waals surface area contributed by atoms with Crippen molar-refractivity contribution < 1.29 is 61.8 Å². The van der Waals surface area contributed by atoms with E-state index < -0.39 is 41.7 Å². The summed E-state index contributed by atoms with van der Waals surface area (Å²) in [5, 5.41) is 0. The molecule has 0 amide bonds. The molecule has 0 saturated carbocycles. The van der Waals surface area contributed by atoms with Gasteiger partial charge < -0.3 is 4.74 Å². The van der Waals surface area contributed by atoms with Crippen LogP contribution >= 0.6 is 0 Å². The molecule has 0 saturated heterocycles. The summed E-state index contributed by atoms with van der Waals surface area (Å²) >= 11 is 0. The van der Waals surface area contributed by atoms with Crippen LogP contribution in [-0.4, -0.2) is 37.2 Å². The highest BCUT2D eigenvalue weighted by Crippen LogP contribution is 2.53. The molecule has 1 nitrogen and oxygen atoms in total. The van der Waals surface area contributed by atoms with Crippen molar-refractivity contribution in [3.8, 4) is 0 Å². The fourth-order valence-electron chi connectivity index (χ4n) is 0.925. The normalized spacial score (nSPS) is 18.8. The summed E-state index contributed by atoms with van der Waals surface area (Å²) in [7, 11) is -0.319. The molecule has 0 heterocycles. The van der Waals surface area contributed by atoms with Gasteiger partial charge in [-0.15, -0.1) is 0 Å². The minimum absolute atomic E-state index is 0.319. The average molecular weight is 362 g/mol. The number of alkyl halides is 11. The average Bonchev–Trinajstić information content (AvgIpc) is 2.32. The number of rotatable bonds is 4. The Bertz CT molecular complexity index is 444. The van der Waals surface area contributed by atoms with E-state index in [1.807, 2.05) is 0 Å². The highest BCUT2D eigenvalue weighted by Gasteiger charge is 2.77. The summed E-state index contributed by atoms with van der Waals surface area (Å²) in [6.45, 7) is 0. The Morgan fingerprint density at radius 3 is 1.23 bits per heavy atom. The van der Waals surface area contributed by atoms with E-state index in [9.17, 15) is 57.1 Å². The third-order valence-corrected chi connectivity index (χ3v) is 2.15. The second kappa shape index (κ2) is 5.45. The highest BCUT2D eigenvalue weighted by atomic mass is 19.4. The van der Waals surface area contributed by atoms with Gasteiger partial charge in [-0.1, -0.05) is 0 Å². The van der Waals surface area contributed by atoms with Gasteiger partial charge in [0.25, 0.3) is 0 Å². The Kier molecular flexibility index (Phi) is 5.15. The summed E-state index contributed by atoms with van der Waals surface area (Å²) in [5.74, 6) is -29.4. The van der Waals surface area contributed by atoms with Crippen LogP contribution in [0, 0.1) is 0 Å². The molecule has 0 N–H and O–H groups in total. The van der Waals surface area contributed by atoms with Gasteiger partial charge in [-0.3, -0.25) is 0 Å². The first-order chi connectivity index (χ1) is 9.38. The summed E-state index contributed by atoms with van der Waals surface area (Å²) in [5.41, 5.74) is 0. The lowest BCUT2D eigenvalue weighted by Gasteiger charge is -2.29. The van der Waals surface area contributed by atoms with Crippen LogP contribution < -0.4 is 0 Å². The first-order valence-corrected chi connectivity index (χ1v) is 4.57. The SMILES string of the molecule is COC(F)(C(F)=C(F)C(F)(F)C(F)(F)C(F)(F)F)C(F)(F)F. The highest BCUT2D eigenvalue weighted by molar-refractivity contribution is 5.22. The van der Waals surface area contributed by atoms with Gasteiger partial charge >= 0.3 is 30.1 Å². The zero-order valence-electron chi connectivity index (χ0n) is 9.82. The van der Waals surface area contributed by atoms with Gasteiger partial charge in [0, 0.05) is 7.11 Å². The molecule has 0 aliphatic rings. The van der Waals surface area contributed by atoms with Crippen molar-refractivity contribution in [1.29, 1.82) is 0 Å². The molecule has 0 aliphatic carbocycles. The van der Waals surface area contributed by atoms with Crippen LogP contribution in [0.1, 0.15) is 0 Å². The molecule has 0 aromatic heterocycles. The van der Waals surface area contributed by atoms with Gasteiger partial charge in [0.05, 0.1) is 0 Å². The predicted molar refractivity (Wildman–Crippen MR) is 42.1 cm³/mol. The largest absolute Gasteiger partial charge is 0.460 e. The predicted octanol–water partition coefficient (Wildman–Crippen LogP) is 4.84. The number of hydrogen-bond acceptors (Lipinski definition) is 1. The smallest absolute Gasteiger partial charge is 0.337 e. The van der Waals surface area contributed by atoms with E-state index in [0.29, 0.717) is 0 Å². The standard InChI is InChI=1S/C8H3F13O/c1-22-5(13,7(16,17)18)3(10)2(9)4(11,12)6(14,15)8(19,20)21/h1H3. The molecule has 132 valence electrons. The molecule has 0 radical (unpaired) electrons. The maximum atomic E-state index is 13.0. The van der Waals surface area contributed by atoms with Gasteiger partial charge in [-0.2, -0.15) is 48.3 Å². The van der Waals surface area contributed by atoms with E-state index in [1.54, 1.807) is 0 Å². The number of methoxy groups -OCH3 is 1. The van der Waals surface area contributed by atoms with E-state index >= 15 is 0 Å². The fraction of sp³-hybridized carbons (Fsp3) is 0.750. The lowest BCUT2D eigenvalue weighted by atomic mass is 10.1. The molecule has 22 heavy (non-hydrogen) atoms. The van der Waals surface area contributed by atoms with Crippen molar-refractivity contribution in [3.05, 3.63) is 11.7 Å². The first kappa shape index (κ1) is 20.8. The Balaban J connectivity index is 6.27. The molecule has 0 aromatic carbocycles. The van der Waals surface area contributed by atoms with Crippen molar-refractivity contribution in [3.63, 3.8) is 0 Å². The van der Waals surface area contributed by atoms with Crippen molar-refractivity contribution >= 4 is 0 Å². The van der Waals surface area contributed by atoms with Gasteiger partial charge in [0.2, 0.25) is 11.7 Å². The summed E-state index contributed by atoms with van der Waals surface area (Å²) in [6, 6.07) is 0. The molecular formula is C8H3F13O. The molecule has 0 aromatic rings. The van der Waals surface area contributed by atoms with Crippen LogP contribution in [0.4, 0.5) is 57.1 Å². The van der Waals surface area contributed by atoms with Crippen LogP contribution in [-0.2, 0) is 4.74 Å². The van der Waals surface area contributed by atoms with E-state index in [2.05, 4.69) is 4.74 Å². The van der Waals surface area contributed by atoms with Crippen molar-refractivity contribution in [2.75, 3.05) is 7.11 Å². The monoisotopic (exact) mass is 362 g/mol. The Labute approximate surface area is 112 Å². The fourth-order valence-corrected chi connectivity index (χ4v) is 0.925. The van der Waals surface area contributed by atoms with Crippen molar-refractivity contribution in [2.24, 2.45) is 0 Å². The Morgan fingerprint density at radius 2 is 1.00 bits per heavy atom.